The Hall–Kier alpha value is -0.570. The van der Waals surface area contributed by atoms with E-state index in [0.29, 0.717) is 6.42 Å². The number of nitrogens with zero attached hydrogens (tertiary/aromatic N) is 2. The SMILES string of the molecule is CN(C)CCCCC(=O)N(C)C. The second kappa shape index (κ2) is 6.00. The molecule has 0 aliphatic rings. The van der Waals surface area contributed by atoms with Gasteiger partial charge in [-0.05, 0) is 33.5 Å². The highest BCUT2D eigenvalue weighted by Crippen LogP contribution is 1.98. The Morgan fingerprint density at radius 1 is 1.08 bits per heavy atom. The fraction of sp³-hybridized carbons (Fsp3) is 0.889. The molecule has 0 unspecified atom stereocenters. The largest absolute Gasteiger partial charge is 0.349 e. The number of amides is 1. The molecule has 0 aliphatic carbocycles. The molecule has 12 heavy (non-hydrogen) atoms. The summed E-state index contributed by atoms with van der Waals surface area (Å²) < 4.78 is 0. The normalized spacial score (nSPS) is 10.4. The van der Waals surface area contributed by atoms with Gasteiger partial charge in [-0.2, -0.15) is 0 Å². The number of rotatable bonds is 5. The molecule has 72 valence electrons. The molecule has 0 aromatic heterocycles. The van der Waals surface area contributed by atoms with Gasteiger partial charge in [0, 0.05) is 20.5 Å². The van der Waals surface area contributed by atoms with E-state index in [1.807, 2.05) is 14.1 Å². The highest BCUT2D eigenvalue weighted by molar-refractivity contribution is 5.75. The fourth-order valence-electron chi connectivity index (χ4n) is 0.928. The van der Waals surface area contributed by atoms with E-state index in [-0.39, 0.29) is 5.91 Å². The van der Waals surface area contributed by atoms with Crippen LogP contribution in [0.5, 0.6) is 0 Å². The van der Waals surface area contributed by atoms with E-state index in [0.717, 1.165) is 19.4 Å². The van der Waals surface area contributed by atoms with Gasteiger partial charge in [0.1, 0.15) is 0 Å². The molecule has 0 saturated carbocycles. The Labute approximate surface area is 75.3 Å². The summed E-state index contributed by atoms with van der Waals surface area (Å²) in [5.74, 6) is 0.230. The highest BCUT2D eigenvalue weighted by Gasteiger charge is 2.02. The highest BCUT2D eigenvalue weighted by atomic mass is 16.2. The number of hydrogen-bond donors (Lipinski definition) is 0. The van der Waals surface area contributed by atoms with Gasteiger partial charge in [-0.15, -0.1) is 0 Å². The molecule has 0 N–H and O–H groups in total. The summed E-state index contributed by atoms with van der Waals surface area (Å²) in [7, 11) is 7.70. The van der Waals surface area contributed by atoms with Crippen LogP contribution in [0, 0.1) is 0 Å². The van der Waals surface area contributed by atoms with Crippen molar-refractivity contribution in [2.45, 2.75) is 19.3 Å². The van der Waals surface area contributed by atoms with Crippen LogP contribution in [-0.2, 0) is 4.79 Å². The molecular weight excluding hydrogens is 152 g/mol. The summed E-state index contributed by atoms with van der Waals surface area (Å²) in [5.41, 5.74) is 0. The van der Waals surface area contributed by atoms with E-state index in [2.05, 4.69) is 4.90 Å². The lowest BCUT2D eigenvalue weighted by Gasteiger charge is -2.11. The van der Waals surface area contributed by atoms with Crippen molar-refractivity contribution < 1.29 is 4.79 Å². The smallest absolute Gasteiger partial charge is 0.222 e. The van der Waals surface area contributed by atoms with Gasteiger partial charge < -0.3 is 9.80 Å². The summed E-state index contributed by atoms with van der Waals surface area (Å²) in [6, 6.07) is 0. The molecule has 0 spiro atoms. The van der Waals surface area contributed by atoms with Gasteiger partial charge in [0.25, 0.3) is 0 Å². The van der Waals surface area contributed by atoms with Crippen molar-refractivity contribution in [3.05, 3.63) is 0 Å². The van der Waals surface area contributed by atoms with Crippen LogP contribution < -0.4 is 0 Å². The van der Waals surface area contributed by atoms with Gasteiger partial charge in [0.2, 0.25) is 5.91 Å². The molecule has 0 rings (SSSR count). The van der Waals surface area contributed by atoms with Gasteiger partial charge in [-0.3, -0.25) is 4.79 Å². The number of carbonyl (C=O) groups is 1. The topological polar surface area (TPSA) is 23.6 Å². The first-order valence-corrected chi connectivity index (χ1v) is 4.39. The van der Waals surface area contributed by atoms with E-state index in [1.165, 1.54) is 0 Å². The molecule has 0 heterocycles. The average Bonchev–Trinajstić information content (AvgIpc) is 1.97. The molecule has 1 amide bonds. The van der Waals surface area contributed by atoms with E-state index in [9.17, 15) is 4.79 Å². The molecule has 0 radical (unpaired) electrons. The summed E-state index contributed by atoms with van der Waals surface area (Å²) in [5, 5.41) is 0. The first-order valence-electron chi connectivity index (χ1n) is 4.39. The Morgan fingerprint density at radius 3 is 2.08 bits per heavy atom. The van der Waals surface area contributed by atoms with Gasteiger partial charge in [-0.1, -0.05) is 0 Å². The minimum atomic E-state index is 0.230. The minimum Gasteiger partial charge on any atom is -0.349 e. The zero-order chi connectivity index (χ0) is 9.56. The second-order valence-electron chi connectivity index (χ2n) is 3.55. The van der Waals surface area contributed by atoms with Crippen LogP contribution in [0.4, 0.5) is 0 Å². The van der Waals surface area contributed by atoms with Gasteiger partial charge in [0.05, 0.1) is 0 Å². The third-order valence-corrected chi connectivity index (χ3v) is 1.74. The molecule has 0 aliphatic heterocycles. The molecular formula is C9H20N2O. The van der Waals surface area contributed by atoms with Crippen molar-refractivity contribution in [1.29, 1.82) is 0 Å². The van der Waals surface area contributed by atoms with Crippen LogP contribution in [-0.4, -0.2) is 50.4 Å². The summed E-state index contributed by atoms with van der Waals surface area (Å²) in [4.78, 5) is 14.9. The van der Waals surface area contributed by atoms with E-state index in [1.54, 1.807) is 19.0 Å². The molecule has 0 saturated heterocycles. The Balaban J connectivity index is 3.26. The van der Waals surface area contributed by atoms with Gasteiger partial charge >= 0.3 is 0 Å². The zero-order valence-electron chi connectivity index (χ0n) is 8.63. The van der Waals surface area contributed by atoms with E-state index >= 15 is 0 Å². The molecule has 0 fully saturated rings. The molecule has 3 heteroatoms. The standard InChI is InChI=1S/C9H20N2O/c1-10(2)8-6-5-7-9(12)11(3)4/h5-8H2,1-4H3. The van der Waals surface area contributed by atoms with Gasteiger partial charge in [0.15, 0.2) is 0 Å². The monoisotopic (exact) mass is 172 g/mol. The van der Waals surface area contributed by atoms with Crippen molar-refractivity contribution in [1.82, 2.24) is 9.80 Å². The third-order valence-electron chi connectivity index (χ3n) is 1.74. The number of carbonyl (C=O) groups excluding carboxylic acids is 1. The predicted octanol–water partition coefficient (Wildman–Crippen LogP) is 0.806. The van der Waals surface area contributed by atoms with Crippen LogP contribution in [0.1, 0.15) is 19.3 Å². The van der Waals surface area contributed by atoms with Crippen molar-refractivity contribution in [2.75, 3.05) is 34.7 Å². The van der Waals surface area contributed by atoms with E-state index in [4.69, 9.17) is 0 Å². The Kier molecular flexibility index (Phi) is 5.72. The van der Waals surface area contributed by atoms with Crippen LogP contribution in [0.3, 0.4) is 0 Å². The lowest BCUT2D eigenvalue weighted by Crippen LogP contribution is -2.21. The van der Waals surface area contributed by atoms with Crippen LogP contribution in [0.15, 0.2) is 0 Å². The molecule has 0 aromatic rings. The maximum absolute atomic E-state index is 11.1. The molecule has 3 nitrogen and oxygen atoms in total. The van der Waals surface area contributed by atoms with Crippen molar-refractivity contribution >= 4 is 5.91 Å². The Bertz CT molecular complexity index is 132. The van der Waals surface area contributed by atoms with Crippen LogP contribution in [0.25, 0.3) is 0 Å². The first-order chi connectivity index (χ1) is 5.54. The number of unbranched alkanes of at least 4 members (excludes halogenated alkanes) is 1. The Morgan fingerprint density at radius 2 is 1.67 bits per heavy atom. The average molecular weight is 172 g/mol. The lowest BCUT2D eigenvalue weighted by atomic mass is 10.2. The zero-order valence-corrected chi connectivity index (χ0v) is 8.63. The third kappa shape index (κ3) is 6.16. The molecule has 0 aromatic carbocycles. The lowest BCUT2D eigenvalue weighted by molar-refractivity contribution is -0.128. The summed E-state index contributed by atoms with van der Waals surface area (Å²) in [6.45, 7) is 1.07. The van der Waals surface area contributed by atoms with Crippen LogP contribution >= 0.6 is 0 Å². The van der Waals surface area contributed by atoms with Crippen molar-refractivity contribution in [3.8, 4) is 0 Å². The van der Waals surface area contributed by atoms with Crippen LogP contribution in [0.2, 0.25) is 0 Å². The second-order valence-corrected chi connectivity index (χ2v) is 3.55. The van der Waals surface area contributed by atoms with Crippen molar-refractivity contribution in [3.63, 3.8) is 0 Å². The summed E-state index contributed by atoms with van der Waals surface area (Å²) >= 11 is 0. The van der Waals surface area contributed by atoms with Gasteiger partial charge in [-0.25, -0.2) is 0 Å². The van der Waals surface area contributed by atoms with Crippen molar-refractivity contribution in [2.24, 2.45) is 0 Å². The number of hydrogen-bond acceptors (Lipinski definition) is 2. The molecule has 0 atom stereocenters. The maximum atomic E-state index is 11.1. The fourth-order valence-corrected chi connectivity index (χ4v) is 0.928. The predicted molar refractivity (Wildman–Crippen MR) is 51.1 cm³/mol. The quantitative estimate of drug-likeness (QED) is 0.573. The van der Waals surface area contributed by atoms with E-state index < -0.39 is 0 Å². The minimum absolute atomic E-state index is 0.230. The maximum Gasteiger partial charge on any atom is 0.222 e. The first kappa shape index (κ1) is 11.4. The molecule has 0 bridgehead atoms. The summed E-state index contributed by atoms with van der Waals surface area (Å²) in [6.07, 6.45) is 2.78.